The van der Waals surface area contributed by atoms with E-state index in [1.165, 1.54) is 18.4 Å². The van der Waals surface area contributed by atoms with Gasteiger partial charge in [-0.25, -0.2) is 9.78 Å². The van der Waals surface area contributed by atoms with Crippen LogP contribution < -0.4 is 10.1 Å². The molecule has 100 valence electrons. The maximum Gasteiger partial charge on any atom is 0.357 e. The Labute approximate surface area is 115 Å². The number of hydrogen-bond donors (Lipinski definition) is 1. The molecular formula is C13H14N2O3S. The van der Waals surface area contributed by atoms with Crippen LogP contribution in [0.3, 0.4) is 0 Å². The van der Waals surface area contributed by atoms with Gasteiger partial charge in [0.2, 0.25) is 0 Å². The molecule has 1 aromatic carbocycles. The van der Waals surface area contributed by atoms with Gasteiger partial charge in [-0.1, -0.05) is 12.1 Å². The van der Waals surface area contributed by atoms with E-state index in [0.717, 1.165) is 16.3 Å². The fourth-order valence-corrected chi connectivity index (χ4v) is 2.41. The SMILES string of the molecule is COC(=O)c1nc(Nc2ccccc2OC)sc1C. The normalized spacial score (nSPS) is 10.1. The Kier molecular flexibility index (Phi) is 4.01. The van der Waals surface area contributed by atoms with Crippen molar-refractivity contribution in [3.63, 3.8) is 0 Å². The summed E-state index contributed by atoms with van der Waals surface area (Å²) in [7, 11) is 2.95. The molecule has 0 aliphatic rings. The number of thiazole rings is 1. The molecule has 2 aromatic rings. The topological polar surface area (TPSA) is 60.5 Å². The first-order valence-electron chi connectivity index (χ1n) is 5.61. The molecule has 1 N–H and O–H groups in total. The molecule has 0 aliphatic heterocycles. The quantitative estimate of drug-likeness (QED) is 0.871. The van der Waals surface area contributed by atoms with E-state index in [-0.39, 0.29) is 0 Å². The summed E-state index contributed by atoms with van der Waals surface area (Å²) >= 11 is 1.39. The molecule has 2 rings (SSSR count). The van der Waals surface area contributed by atoms with E-state index in [2.05, 4.69) is 15.0 Å². The molecule has 0 saturated carbocycles. The molecule has 0 aliphatic carbocycles. The number of anilines is 2. The summed E-state index contributed by atoms with van der Waals surface area (Å²) < 4.78 is 9.92. The van der Waals surface area contributed by atoms with Crippen molar-refractivity contribution in [1.82, 2.24) is 4.98 Å². The van der Waals surface area contributed by atoms with Crippen molar-refractivity contribution in [2.24, 2.45) is 0 Å². The van der Waals surface area contributed by atoms with Crippen molar-refractivity contribution in [2.75, 3.05) is 19.5 Å². The number of carbonyl (C=O) groups is 1. The van der Waals surface area contributed by atoms with Crippen LogP contribution in [0.4, 0.5) is 10.8 Å². The molecule has 1 heterocycles. The number of methoxy groups -OCH3 is 2. The average Bonchev–Trinajstić information content (AvgIpc) is 2.79. The number of hydrogen-bond acceptors (Lipinski definition) is 6. The Morgan fingerprint density at radius 3 is 2.74 bits per heavy atom. The standard InChI is InChI=1S/C13H14N2O3S/c1-8-11(12(16)18-3)15-13(19-8)14-9-6-4-5-7-10(9)17-2/h4-7H,1-3H3,(H,14,15). The van der Waals surface area contributed by atoms with Crippen molar-refractivity contribution >= 4 is 28.1 Å². The number of nitrogens with zero attached hydrogens (tertiary/aromatic N) is 1. The van der Waals surface area contributed by atoms with Crippen molar-refractivity contribution < 1.29 is 14.3 Å². The lowest BCUT2D eigenvalue weighted by Crippen LogP contribution is -2.03. The Hall–Kier alpha value is -2.08. The molecule has 0 fully saturated rings. The van der Waals surface area contributed by atoms with Crippen molar-refractivity contribution in [3.8, 4) is 5.75 Å². The number of benzene rings is 1. The summed E-state index contributed by atoms with van der Waals surface area (Å²) in [6.07, 6.45) is 0. The Balaban J connectivity index is 2.27. The number of rotatable bonds is 4. The highest BCUT2D eigenvalue weighted by Crippen LogP contribution is 2.30. The van der Waals surface area contributed by atoms with E-state index in [0.29, 0.717) is 10.8 Å². The van der Waals surface area contributed by atoms with Crippen LogP contribution in [-0.4, -0.2) is 25.2 Å². The zero-order chi connectivity index (χ0) is 13.8. The van der Waals surface area contributed by atoms with E-state index in [4.69, 9.17) is 4.74 Å². The van der Waals surface area contributed by atoms with E-state index in [9.17, 15) is 4.79 Å². The zero-order valence-corrected chi connectivity index (χ0v) is 11.7. The maximum atomic E-state index is 11.5. The second kappa shape index (κ2) is 5.71. The molecule has 0 radical (unpaired) electrons. The summed E-state index contributed by atoms with van der Waals surface area (Å²) in [5.41, 5.74) is 1.14. The molecule has 1 aromatic heterocycles. The van der Waals surface area contributed by atoms with Crippen LogP contribution in [0.2, 0.25) is 0 Å². The molecule has 0 saturated heterocycles. The Morgan fingerprint density at radius 2 is 2.05 bits per heavy atom. The molecule has 5 nitrogen and oxygen atoms in total. The summed E-state index contributed by atoms with van der Waals surface area (Å²) in [5, 5.41) is 3.77. The predicted molar refractivity (Wildman–Crippen MR) is 74.5 cm³/mol. The van der Waals surface area contributed by atoms with Gasteiger partial charge in [-0.2, -0.15) is 0 Å². The van der Waals surface area contributed by atoms with Crippen LogP contribution in [0.1, 0.15) is 15.4 Å². The number of para-hydroxylation sites is 2. The number of ether oxygens (including phenoxy) is 2. The van der Waals surface area contributed by atoms with Crippen LogP contribution in [0.5, 0.6) is 5.75 Å². The van der Waals surface area contributed by atoms with E-state index < -0.39 is 5.97 Å². The first-order chi connectivity index (χ1) is 9.15. The molecule has 0 atom stereocenters. The summed E-state index contributed by atoms with van der Waals surface area (Å²) in [6.45, 7) is 1.83. The first-order valence-corrected chi connectivity index (χ1v) is 6.43. The lowest BCUT2D eigenvalue weighted by molar-refractivity contribution is 0.0594. The van der Waals surface area contributed by atoms with Crippen LogP contribution in [0.25, 0.3) is 0 Å². The molecule has 19 heavy (non-hydrogen) atoms. The third-order valence-corrected chi connectivity index (χ3v) is 3.41. The van der Waals surface area contributed by atoms with Gasteiger partial charge in [0.05, 0.1) is 19.9 Å². The highest BCUT2D eigenvalue weighted by Gasteiger charge is 2.16. The first kappa shape index (κ1) is 13.4. The Morgan fingerprint density at radius 1 is 1.32 bits per heavy atom. The van der Waals surface area contributed by atoms with Gasteiger partial charge in [0.1, 0.15) is 5.75 Å². The Bertz CT molecular complexity index is 595. The van der Waals surface area contributed by atoms with Crippen LogP contribution in [0, 0.1) is 6.92 Å². The largest absolute Gasteiger partial charge is 0.495 e. The monoisotopic (exact) mass is 278 g/mol. The van der Waals surface area contributed by atoms with E-state index >= 15 is 0 Å². The average molecular weight is 278 g/mol. The summed E-state index contributed by atoms with van der Waals surface area (Å²) in [6, 6.07) is 7.51. The van der Waals surface area contributed by atoms with Crippen molar-refractivity contribution in [1.29, 1.82) is 0 Å². The van der Waals surface area contributed by atoms with Gasteiger partial charge in [0.25, 0.3) is 0 Å². The molecule has 0 amide bonds. The lowest BCUT2D eigenvalue weighted by Gasteiger charge is -2.07. The third kappa shape index (κ3) is 2.85. The highest BCUT2D eigenvalue weighted by atomic mass is 32.1. The van der Waals surface area contributed by atoms with Crippen LogP contribution in [0.15, 0.2) is 24.3 Å². The van der Waals surface area contributed by atoms with Gasteiger partial charge < -0.3 is 14.8 Å². The van der Waals surface area contributed by atoms with Crippen molar-refractivity contribution in [2.45, 2.75) is 6.92 Å². The highest BCUT2D eigenvalue weighted by molar-refractivity contribution is 7.15. The fourth-order valence-electron chi connectivity index (χ4n) is 1.60. The zero-order valence-electron chi connectivity index (χ0n) is 10.9. The van der Waals surface area contributed by atoms with Gasteiger partial charge in [-0.15, -0.1) is 11.3 Å². The summed E-state index contributed by atoms with van der Waals surface area (Å²) in [5.74, 6) is 0.289. The number of aromatic nitrogens is 1. The molecule has 0 bridgehead atoms. The van der Waals surface area contributed by atoms with Gasteiger partial charge in [0, 0.05) is 4.88 Å². The fraction of sp³-hybridized carbons (Fsp3) is 0.231. The second-order valence-electron chi connectivity index (χ2n) is 3.74. The lowest BCUT2D eigenvalue weighted by atomic mass is 10.3. The van der Waals surface area contributed by atoms with Gasteiger partial charge in [0.15, 0.2) is 10.8 Å². The smallest absolute Gasteiger partial charge is 0.357 e. The van der Waals surface area contributed by atoms with Gasteiger partial charge >= 0.3 is 5.97 Å². The van der Waals surface area contributed by atoms with E-state index in [1.807, 2.05) is 31.2 Å². The summed E-state index contributed by atoms with van der Waals surface area (Å²) in [4.78, 5) is 16.5. The minimum atomic E-state index is -0.429. The molecule has 0 unspecified atom stereocenters. The second-order valence-corrected chi connectivity index (χ2v) is 4.94. The maximum absolute atomic E-state index is 11.5. The van der Waals surface area contributed by atoms with Crippen LogP contribution >= 0.6 is 11.3 Å². The molecular weight excluding hydrogens is 264 g/mol. The van der Waals surface area contributed by atoms with Gasteiger partial charge in [-0.3, -0.25) is 0 Å². The minimum absolute atomic E-state index is 0.338. The van der Waals surface area contributed by atoms with Crippen LogP contribution in [-0.2, 0) is 4.74 Å². The predicted octanol–water partition coefficient (Wildman–Crippen LogP) is 2.99. The number of aryl methyl sites for hydroxylation is 1. The van der Waals surface area contributed by atoms with Gasteiger partial charge in [-0.05, 0) is 19.1 Å². The third-order valence-electron chi connectivity index (χ3n) is 2.52. The van der Waals surface area contributed by atoms with Crippen molar-refractivity contribution in [3.05, 3.63) is 34.8 Å². The minimum Gasteiger partial charge on any atom is -0.495 e. The molecule has 6 heteroatoms. The number of carbonyl (C=O) groups excluding carboxylic acids is 1. The van der Waals surface area contributed by atoms with E-state index in [1.54, 1.807) is 7.11 Å². The number of esters is 1. The number of nitrogens with one attached hydrogen (secondary N) is 1. The molecule has 0 spiro atoms.